The Hall–Kier alpha value is -0.760. The van der Waals surface area contributed by atoms with Crippen LogP contribution in [0.25, 0.3) is 0 Å². The van der Waals surface area contributed by atoms with Crippen molar-refractivity contribution >= 4 is 23.4 Å². The minimum absolute atomic E-state index is 0.160. The first-order valence-corrected chi connectivity index (χ1v) is 7.81. The van der Waals surface area contributed by atoms with E-state index in [1.165, 1.54) is 6.07 Å². The summed E-state index contributed by atoms with van der Waals surface area (Å²) in [6.45, 7) is 2.46. The molecular formula is C14H16ClFN2S. The number of rotatable bonds is 3. The fourth-order valence-corrected chi connectivity index (χ4v) is 3.13. The van der Waals surface area contributed by atoms with E-state index >= 15 is 0 Å². The SMILES string of the molecule is CSC1(C#N)CCN(Cc2ccc(Cl)c(F)c2)CC1. The second kappa shape index (κ2) is 6.13. The molecule has 1 aliphatic heterocycles. The molecule has 102 valence electrons. The maximum absolute atomic E-state index is 13.4. The Kier molecular flexibility index (Phi) is 4.72. The van der Waals surface area contributed by atoms with Crippen molar-refractivity contribution in [2.45, 2.75) is 24.1 Å². The zero-order chi connectivity index (χ0) is 13.9. The molecule has 1 aromatic carbocycles. The molecule has 1 fully saturated rings. The Morgan fingerprint density at radius 1 is 1.47 bits per heavy atom. The Balaban J connectivity index is 1.96. The van der Waals surface area contributed by atoms with E-state index in [0.29, 0.717) is 6.54 Å². The van der Waals surface area contributed by atoms with Gasteiger partial charge in [0.2, 0.25) is 0 Å². The molecule has 0 saturated carbocycles. The van der Waals surface area contributed by atoms with Gasteiger partial charge >= 0.3 is 0 Å². The topological polar surface area (TPSA) is 27.0 Å². The molecule has 0 aliphatic carbocycles. The van der Waals surface area contributed by atoms with E-state index in [1.807, 2.05) is 12.3 Å². The molecular weight excluding hydrogens is 283 g/mol. The highest BCUT2D eigenvalue weighted by Crippen LogP contribution is 2.34. The summed E-state index contributed by atoms with van der Waals surface area (Å²) in [6, 6.07) is 7.36. The molecule has 1 heterocycles. The molecule has 5 heteroatoms. The van der Waals surface area contributed by atoms with Gasteiger partial charge in [0.25, 0.3) is 0 Å². The quantitative estimate of drug-likeness (QED) is 0.851. The first-order valence-electron chi connectivity index (χ1n) is 6.21. The lowest BCUT2D eigenvalue weighted by Gasteiger charge is -2.36. The van der Waals surface area contributed by atoms with Gasteiger partial charge in [-0.1, -0.05) is 17.7 Å². The molecule has 0 radical (unpaired) electrons. The summed E-state index contributed by atoms with van der Waals surface area (Å²) in [6.07, 6.45) is 3.72. The smallest absolute Gasteiger partial charge is 0.142 e. The van der Waals surface area contributed by atoms with Gasteiger partial charge in [0.15, 0.2) is 0 Å². The van der Waals surface area contributed by atoms with Gasteiger partial charge in [-0.05, 0) is 36.8 Å². The molecule has 2 rings (SSSR count). The van der Waals surface area contributed by atoms with Gasteiger partial charge in [0.05, 0.1) is 11.1 Å². The zero-order valence-corrected chi connectivity index (χ0v) is 12.4. The fraction of sp³-hybridized carbons (Fsp3) is 0.500. The Labute approximate surface area is 122 Å². The predicted octanol–water partition coefficient (Wildman–Crippen LogP) is 3.70. The minimum atomic E-state index is -0.369. The van der Waals surface area contributed by atoms with Crippen LogP contribution in [-0.2, 0) is 6.54 Å². The first kappa shape index (κ1) is 14.6. The Bertz CT molecular complexity index is 493. The third kappa shape index (κ3) is 3.42. The lowest BCUT2D eigenvalue weighted by molar-refractivity contribution is 0.209. The van der Waals surface area contributed by atoms with E-state index in [-0.39, 0.29) is 15.6 Å². The van der Waals surface area contributed by atoms with Crippen LogP contribution in [-0.4, -0.2) is 29.0 Å². The number of halogens is 2. The summed E-state index contributed by atoms with van der Waals surface area (Å²) >= 11 is 7.31. The van der Waals surface area contributed by atoms with Crippen molar-refractivity contribution in [3.05, 3.63) is 34.6 Å². The summed E-state index contributed by atoms with van der Waals surface area (Å²) < 4.78 is 13.1. The van der Waals surface area contributed by atoms with Crippen LogP contribution in [0.1, 0.15) is 18.4 Å². The minimum Gasteiger partial charge on any atom is -0.299 e. The van der Waals surface area contributed by atoms with Crippen LogP contribution in [0.4, 0.5) is 4.39 Å². The summed E-state index contributed by atoms with van der Waals surface area (Å²) in [7, 11) is 0. The highest BCUT2D eigenvalue weighted by molar-refractivity contribution is 8.00. The van der Waals surface area contributed by atoms with E-state index in [4.69, 9.17) is 11.6 Å². The van der Waals surface area contributed by atoms with Crippen molar-refractivity contribution in [1.29, 1.82) is 5.26 Å². The van der Waals surface area contributed by atoms with Gasteiger partial charge in [-0.15, -0.1) is 11.8 Å². The maximum Gasteiger partial charge on any atom is 0.142 e. The van der Waals surface area contributed by atoms with Crippen LogP contribution in [0.3, 0.4) is 0 Å². The molecule has 1 saturated heterocycles. The predicted molar refractivity (Wildman–Crippen MR) is 77.8 cm³/mol. The third-order valence-corrected chi connectivity index (χ3v) is 5.24. The standard InChI is InChI=1S/C14H16ClFN2S/c1-19-14(10-17)4-6-18(7-5-14)9-11-2-3-12(15)13(16)8-11/h2-3,8H,4-7,9H2,1H3. The highest BCUT2D eigenvalue weighted by atomic mass is 35.5. The van der Waals surface area contributed by atoms with Crippen molar-refractivity contribution in [2.75, 3.05) is 19.3 Å². The lowest BCUT2D eigenvalue weighted by Crippen LogP contribution is -2.41. The molecule has 0 spiro atoms. The Morgan fingerprint density at radius 2 is 2.16 bits per heavy atom. The fourth-order valence-electron chi connectivity index (χ4n) is 2.33. The van der Waals surface area contributed by atoms with Crippen LogP contribution in [0.2, 0.25) is 5.02 Å². The molecule has 2 nitrogen and oxygen atoms in total. The average Bonchev–Trinajstić information content (AvgIpc) is 2.44. The van der Waals surface area contributed by atoms with Gasteiger partial charge in [-0.3, -0.25) is 4.90 Å². The molecule has 1 aliphatic rings. The number of benzene rings is 1. The molecule has 19 heavy (non-hydrogen) atoms. The zero-order valence-electron chi connectivity index (χ0n) is 10.8. The maximum atomic E-state index is 13.4. The van der Waals surface area contributed by atoms with E-state index in [0.717, 1.165) is 31.5 Å². The summed E-state index contributed by atoms with van der Waals surface area (Å²) in [5, 5.41) is 9.39. The Morgan fingerprint density at radius 3 is 2.68 bits per heavy atom. The van der Waals surface area contributed by atoms with Gasteiger partial charge in [0, 0.05) is 19.6 Å². The summed E-state index contributed by atoms with van der Waals surface area (Å²) in [5.74, 6) is -0.369. The molecule has 0 bridgehead atoms. The molecule has 0 atom stereocenters. The summed E-state index contributed by atoms with van der Waals surface area (Å²) in [5.41, 5.74) is 0.926. The normalized spacial score (nSPS) is 19.1. The van der Waals surface area contributed by atoms with Crippen LogP contribution in [0, 0.1) is 17.1 Å². The molecule has 0 aromatic heterocycles. The number of nitriles is 1. The molecule has 1 aromatic rings. The van der Waals surface area contributed by atoms with Crippen molar-refractivity contribution in [3.63, 3.8) is 0 Å². The number of likely N-dealkylation sites (tertiary alicyclic amines) is 1. The number of nitrogens with zero attached hydrogens (tertiary/aromatic N) is 2. The monoisotopic (exact) mass is 298 g/mol. The number of piperidine rings is 1. The van der Waals surface area contributed by atoms with Crippen LogP contribution >= 0.6 is 23.4 Å². The number of hydrogen-bond acceptors (Lipinski definition) is 3. The van der Waals surface area contributed by atoms with Crippen molar-refractivity contribution in [2.24, 2.45) is 0 Å². The van der Waals surface area contributed by atoms with Gasteiger partial charge < -0.3 is 0 Å². The average molecular weight is 299 g/mol. The molecule has 0 N–H and O–H groups in total. The van der Waals surface area contributed by atoms with Gasteiger partial charge in [0.1, 0.15) is 10.6 Å². The van der Waals surface area contributed by atoms with Crippen molar-refractivity contribution < 1.29 is 4.39 Å². The van der Waals surface area contributed by atoms with E-state index in [9.17, 15) is 9.65 Å². The van der Waals surface area contributed by atoms with Crippen molar-refractivity contribution in [3.8, 4) is 6.07 Å². The number of hydrogen-bond donors (Lipinski definition) is 0. The van der Waals surface area contributed by atoms with E-state index in [2.05, 4.69) is 11.0 Å². The largest absolute Gasteiger partial charge is 0.299 e. The van der Waals surface area contributed by atoms with Crippen LogP contribution in [0.15, 0.2) is 18.2 Å². The first-order chi connectivity index (χ1) is 9.08. The highest BCUT2D eigenvalue weighted by Gasteiger charge is 2.33. The van der Waals surface area contributed by atoms with Crippen molar-refractivity contribution in [1.82, 2.24) is 4.90 Å². The van der Waals surface area contributed by atoms with E-state index < -0.39 is 0 Å². The lowest BCUT2D eigenvalue weighted by atomic mass is 9.97. The molecule has 0 amide bonds. The van der Waals surface area contributed by atoms with Gasteiger partial charge in [-0.25, -0.2) is 4.39 Å². The molecule has 0 unspecified atom stereocenters. The number of thioether (sulfide) groups is 1. The third-order valence-electron chi connectivity index (χ3n) is 3.65. The summed E-state index contributed by atoms with van der Waals surface area (Å²) in [4.78, 5) is 2.26. The van der Waals surface area contributed by atoms with E-state index in [1.54, 1.807) is 17.8 Å². The van der Waals surface area contributed by atoms with Crippen LogP contribution < -0.4 is 0 Å². The van der Waals surface area contributed by atoms with Gasteiger partial charge in [-0.2, -0.15) is 5.26 Å². The van der Waals surface area contributed by atoms with Crippen LogP contribution in [0.5, 0.6) is 0 Å². The second-order valence-electron chi connectivity index (χ2n) is 4.83. The second-order valence-corrected chi connectivity index (χ2v) is 6.43.